The summed E-state index contributed by atoms with van der Waals surface area (Å²) in [6.07, 6.45) is 1.68. The third kappa shape index (κ3) is 5.42. The number of hydrogen-bond donors (Lipinski definition) is 1. The number of amides is 1. The summed E-state index contributed by atoms with van der Waals surface area (Å²) in [5, 5.41) is 5.57. The van der Waals surface area contributed by atoms with Crippen LogP contribution in [0.3, 0.4) is 0 Å². The fourth-order valence-electron chi connectivity index (χ4n) is 2.23. The van der Waals surface area contributed by atoms with E-state index in [-0.39, 0.29) is 12.5 Å². The third-order valence-electron chi connectivity index (χ3n) is 3.53. The second-order valence-electron chi connectivity index (χ2n) is 5.14. The van der Waals surface area contributed by atoms with Crippen LogP contribution in [0.5, 0.6) is 11.5 Å². The van der Waals surface area contributed by atoms with E-state index in [9.17, 15) is 4.79 Å². The summed E-state index contributed by atoms with van der Waals surface area (Å²) in [5.41, 5.74) is 0.878. The van der Waals surface area contributed by atoms with Gasteiger partial charge in [-0.15, -0.1) is 11.3 Å². The zero-order chi connectivity index (χ0) is 18.1. The molecule has 1 amide bonds. The molecule has 8 heteroatoms. The summed E-state index contributed by atoms with van der Waals surface area (Å²) in [6, 6.07) is 5.54. The largest absolute Gasteiger partial charge is 0.497 e. The molecule has 0 spiro atoms. The van der Waals surface area contributed by atoms with E-state index >= 15 is 0 Å². The molecule has 0 atom stereocenters. The second kappa shape index (κ2) is 9.97. The molecule has 1 aromatic carbocycles. The number of methoxy groups -OCH3 is 3. The molecule has 0 aliphatic rings. The van der Waals surface area contributed by atoms with Crippen LogP contribution in [0.15, 0.2) is 29.8 Å². The van der Waals surface area contributed by atoms with Gasteiger partial charge in [0.05, 0.1) is 33.9 Å². The Balaban J connectivity index is 2.15. The molecule has 0 fully saturated rings. The zero-order valence-corrected chi connectivity index (χ0v) is 15.5. The maximum atomic E-state index is 12.7. The minimum Gasteiger partial charge on any atom is -0.497 e. The van der Waals surface area contributed by atoms with E-state index in [0.717, 1.165) is 5.56 Å². The van der Waals surface area contributed by atoms with Gasteiger partial charge in [0.1, 0.15) is 11.5 Å². The number of rotatable bonds is 10. The molecule has 7 nitrogen and oxygen atoms in total. The van der Waals surface area contributed by atoms with Crippen LogP contribution in [0, 0.1) is 0 Å². The Morgan fingerprint density at radius 2 is 2.12 bits per heavy atom. The van der Waals surface area contributed by atoms with E-state index in [0.29, 0.717) is 36.3 Å². The van der Waals surface area contributed by atoms with Gasteiger partial charge < -0.3 is 19.5 Å². The van der Waals surface area contributed by atoms with Crippen LogP contribution in [-0.4, -0.2) is 51.9 Å². The number of thiazole rings is 1. The lowest BCUT2D eigenvalue weighted by molar-refractivity contribution is -0.118. The van der Waals surface area contributed by atoms with E-state index in [2.05, 4.69) is 10.3 Å². The number of ether oxygens (including phenoxy) is 3. The molecule has 0 unspecified atom stereocenters. The van der Waals surface area contributed by atoms with Gasteiger partial charge in [0.2, 0.25) is 5.91 Å². The van der Waals surface area contributed by atoms with Gasteiger partial charge in [-0.05, 0) is 12.1 Å². The molecule has 0 bridgehead atoms. The Morgan fingerprint density at radius 3 is 2.76 bits per heavy atom. The summed E-state index contributed by atoms with van der Waals surface area (Å²) in [6.45, 7) is 1.74. The quantitative estimate of drug-likeness (QED) is 0.649. The first kappa shape index (κ1) is 19.2. The van der Waals surface area contributed by atoms with Crippen molar-refractivity contribution in [2.75, 3.05) is 45.9 Å². The van der Waals surface area contributed by atoms with Crippen LogP contribution in [0.4, 0.5) is 5.13 Å². The molecule has 0 aliphatic carbocycles. The van der Waals surface area contributed by atoms with Crippen LogP contribution < -0.4 is 19.7 Å². The standard InChI is InChI=1S/C17H23N3O4S/c1-22-8-6-18-11-16(21)20(17-19-7-9-25-17)12-13-4-5-14(23-2)10-15(13)24-3/h4-5,7,9-10,18H,6,8,11-12H2,1-3H3. The Labute approximate surface area is 151 Å². The fourth-order valence-corrected chi connectivity index (χ4v) is 2.89. The number of nitrogens with zero attached hydrogens (tertiary/aromatic N) is 2. The maximum Gasteiger partial charge on any atom is 0.243 e. The summed E-state index contributed by atoms with van der Waals surface area (Å²) in [4.78, 5) is 18.6. The Kier molecular flexibility index (Phi) is 7.65. The summed E-state index contributed by atoms with van der Waals surface area (Å²) in [5.74, 6) is 1.30. The van der Waals surface area contributed by atoms with Crippen LogP contribution in [0.25, 0.3) is 0 Å². The molecular formula is C17H23N3O4S. The first-order chi connectivity index (χ1) is 12.2. The number of anilines is 1. The van der Waals surface area contributed by atoms with Crippen molar-refractivity contribution < 1.29 is 19.0 Å². The van der Waals surface area contributed by atoms with Crippen molar-refractivity contribution >= 4 is 22.4 Å². The van der Waals surface area contributed by atoms with Crippen LogP contribution in [-0.2, 0) is 16.1 Å². The van der Waals surface area contributed by atoms with Crippen LogP contribution >= 0.6 is 11.3 Å². The Bertz CT molecular complexity index is 664. The normalized spacial score (nSPS) is 10.5. The fraction of sp³-hybridized carbons (Fsp3) is 0.412. The van der Waals surface area contributed by atoms with Gasteiger partial charge in [-0.1, -0.05) is 0 Å². The molecule has 0 radical (unpaired) electrons. The van der Waals surface area contributed by atoms with E-state index in [4.69, 9.17) is 14.2 Å². The average molecular weight is 365 g/mol. The summed E-state index contributed by atoms with van der Waals surface area (Å²) < 4.78 is 15.6. The first-order valence-electron chi connectivity index (χ1n) is 7.80. The molecule has 0 saturated heterocycles. The van der Waals surface area contributed by atoms with Crippen LogP contribution in [0.2, 0.25) is 0 Å². The number of nitrogens with one attached hydrogen (secondary N) is 1. The van der Waals surface area contributed by atoms with E-state index in [1.54, 1.807) is 38.5 Å². The lowest BCUT2D eigenvalue weighted by atomic mass is 10.1. The predicted molar refractivity (Wildman–Crippen MR) is 97.6 cm³/mol. The molecule has 0 aliphatic heterocycles. The van der Waals surface area contributed by atoms with Crippen molar-refractivity contribution in [2.45, 2.75) is 6.54 Å². The van der Waals surface area contributed by atoms with Crippen molar-refractivity contribution in [1.29, 1.82) is 0 Å². The first-order valence-corrected chi connectivity index (χ1v) is 8.68. The topological polar surface area (TPSA) is 72.9 Å². The number of benzene rings is 1. The van der Waals surface area contributed by atoms with Crippen molar-refractivity contribution in [3.8, 4) is 11.5 Å². The van der Waals surface area contributed by atoms with E-state index in [1.807, 2.05) is 17.5 Å². The summed E-state index contributed by atoms with van der Waals surface area (Å²) >= 11 is 1.42. The van der Waals surface area contributed by atoms with Gasteiger partial charge in [-0.25, -0.2) is 4.98 Å². The Morgan fingerprint density at radius 1 is 1.28 bits per heavy atom. The number of hydrogen-bond acceptors (Lipinski definition) is 7. The lowest BCUT2D eigenvalue weighted by Gasteiger charge is -2.21. The predicted octanol–water partition coefficient (Wildman–Crippen LogP) is 1.93. The third-order valence-corrected chi connectivity index (χ3v) is 4.33. The van der Waals surface area contributed by atoms with E-state index in [1.165, 1.54) is 11.3 Å². The minimum atomic E-state index is -0.0658. The van der Waals surface area contributed by atoms with Gasteiger partial charge in [0.25, 0.3) is 0 Å². The number of aromatic nitrogens is 1. The molecular weight excluding hydrogens is 342 g/mol. The lowest BCUT2D eigenvalue weighted by Crippen LogP contribution is -2.38. The molecule has 2 rings (SSSR count). The van der Waals surface area contributed by atoms with Gasteiger partial charge in [-0.2, -0.15) is 0 Å². The highest BCUT2D eigenvalue weighted by atomic mass is 32.1. The van der Waals surface area contributed by atoms with Crippen molar-refractivity contribution in [3.05, 3.63) is 35.3 Å². The van der Waals surface area contributed by atoms with Gasteiger partial charge >= 0.3 is 0 Å². The SMILES string of the molecule is COCCNCC(=O)N(Cc1ccc(OC)cc1OC)c1nccs1. The van der Waals surface area contributed by atoms with Gasteiger partial charge in [0.15, 0.2) is 5.13 Å². The van der Waals surface area contributed by atoms with Gasteiger partial charge in [0, 0.05) is 36.9 Å². The molecule has 0 saturated carbocycles. The zero-order valence-electron chi connectivity index (χ0n) is 14.7. The second-order valence-corrected chi connectivity index (χ2v) is 6.01. The minimum absolute atomic E-state index is 0.0658. The van der Waals surface area contributed by atoms with Crippen LogP contribution in [0.1, 0.15) is 5.56 Å². The summed E-state index contributed by atoms with van der Waals surface area (Å²) in [7, 11) is 4.83. The molecule has 1 heterocycles. The van der Waals surface area contributed by atoms with Crippen molar-refractivity contribution in [2.24, 2.45) is 0 Å². The molecule has 2 aromatic rings. The highest BCUT2D eigenvalue weighted by Gasteiger charge is 2.20. The van der Waals surface area contributed by atoms with Crippen molar-refractivity contribution in [1.82, 2.24) is 10.3 Å². The smallest absolute Gasteiger partial charge is 0.243 e. The number of carbonyl (C=O) groups excluding carboxylic acids is 1. The number of carbonyl (C=O) groups is 1. The van der Waals surface area contributed by atoms with Gasteiger partial charge in [-0.3, -0.25) is 9.69 Å². The monoisotopic (exact) mass is 365 g/mol. The Hall–Kier alpha value is -2.16. The maximum absolute atomic E-state index is 12.7. The molecule has 1 aromatic heterocycles. The highest BCUT2D eigenvalue weighted by Crippen LogP contribution is 2.28. The highest BCUT2D eigenvalue weighted by molar-refractivity contribution is 7.13. The van der Waals surface area contributed by atoms with E-state index < -0.39 is 0 Å². The molecule has 25 heavy (non-hydrogen) atoms. The van der Waals surface area contributed by atoms with Crippen molar-refractivity contribution in [3.63, 3.8) is 0 Å². The molecule has 1 N–H and O–H groups in total. The molecule has 136 valence electrons. The average Bonchev–Trinajstić information content (AvgIpc) is 3.17.